The van der Waals surface area contributed by atoms with Gasteiger partial charge in [-0.05, 0) is 43.0 Å². The Hall–Kier alpha value is -3.47. The average Bonchev–Trinajstić information content (AvgIpc) is 3.14. The summed E-state index contributed by atoms with van der Waals surface area (Å²) >= 11 is 0. The summed E-state index contributed by atoms with van der Waals surface area (Å²) in [5, 5.41) is 14.5. The summed E-state index contributed by atoms with van der Waals surface area (Å²) in [6.45, 7) is 1.55. The largest absolute Gasteiger partial charge is 0.373 e. The van der Waals surface area contributed by atoms with E-state index in [0.717, 1.165) is 31.4 Å². The summed E-state index contributed by atoms with van der Waals surface area (Å²) < 4.78 is 31.0. The molecule has 0 bridgehead atoms. The summed E-state index contributed by atoms with van der Waals surface area (Å²) in [5.74, 6) is 1.48. The molecule has 1 saturated heterocycles. The molecule has 1 aliphatic heterocycles. The summed E-state index contributed by atoms with van der Waals surface area (Å²) in [5.41, 5.74) is 2.45. The number of nitriles is 1. The molecule has 4 aromatic rings. The van der Waals surface area contributed by atoms with Gasteiger partial charge in [0.15, 0.2) is 11.6 Å². The number of rotatable bonds is 2. The molecule has 0 radical (unpaired) electrons. The fourth-order valence-corrected chi connectivity index (χ4v) is 4.15. The average molecular weight is 401 g/mol. The Balaban J connectivity index is 1.52. The molecule has 2 aromatic carbocycles. The van der Waals surface area contributed by atoms with E-state index in [2.05, 4.69) is 21.0 Å². The van der Waals surface area contributed by atoms with Crippen molar-refractivity contribution >= 4 is 34.2 Å². The van der Waals surface area contributed by atoms with Crippen molar-refractivity contribution in [2.45, 2.75) is 12.6 Å². The van der Waals surface area contributed by atoms with Crippen molar-refractivity contribution in [3.63, 3.8) is 0 Å². The molecule has 1 fully saturated rings. The Morgan fingerprint density at radius 3 is 2.53 bits per heavy atom. The van der Waals surface area contributed by atoms with Crippen LogP contribution in [0.4, 0.5) is 14.5 Å². The Labute approximate surface area is 172 Å². The highest BCUT2D eigenvalue weighted by Crippen LogP contribution is 2.30. The molecule has 3 heterocycles. The number of hydrogen-bond acceptors (Lipinski definition) is 4. The Morgan fingerprint density at radius 1 is 1.00 bits per heavy atom. The molecule has 0 amide bonds. The lowest BCUT2D eigenvalue weighted by atomic mass is 9.45. The summed E-state index contributed by atoms with van der Waals surface area (Å²) in [6, 6.07) is 10.2. The molecule has 0 unspecified atom stereocenters. The van der Waals surface area contributed by atoms with Gasteiger partial charge in [0.25, 0.3) is 6.71 Å². The monoisotopic (exact) mass is 401 g/mol. The van der Waals surface area contributed by atoms with Gasteiger partial charge in [-0.2, -0.15) is 5.10 Å². The van der Waals surface area contributed by atoms with Crippen molar-refractivity contribution in [2.24, 2.45) is 7.05 Å². The summed E-state index contributed by atoms with van der Waals surface area (Å²) in [7, 11) is 1.74. The first kappa shape index (κ1) is 18.6. The smallest absolute Gasteiger partial charge is 0.271 e. The van der Waals surface area contributed by atoms with Crippen molar-refractivity contribution in [2.75, 3.05) is 18.0 Å². The van der Waals surface area contributed by atoms with Crippen LogP contribution in [0.1, 0.15) is 0 Å². The highest BCUT2D eigenvalue weighted by Gasteiger charge is 2.23. The molecule has 0 N–H and O–H groups in total. The molecule has 5 rings (SSSR count). The molecule has 0 saturated carbocycles. The van der Waals surface area contributed by atoms with Crippen molar-refractivity contribution < 1.29 is 8.78 Å². The van der Waals surface area contributed by atoms with Crippen LogP contribution in [0.5, 0.6) is 0 Å². The van der Waals surface area contributed by atoms with E-state index in [9.17, 15) is 8.78 Å². The number of benzene rings is 2. The highest BCUT2D eigenvalue weighted by atomic mass is 19.1. The number of hydrogen-bond donors (Lipinski definition) is 0. The predicted molar refractivity (Wildman–Crippen MR) is 115 cm³/mol. The number of nitrogens with zero attached hydrogens (tertiary/aromatic N) is 5. The lowest BCUT2D eigenvalue weighted by molar-refractivity contribution is 0.632. The van der Waals surface area contributed by atoms with Crippen molar-refractivity contribution in [1.82, 2.24) is 14.8 Å². The fourth-order valence-electron chi connectivity index (χ4n) is 4.15. The van der Waals surface area contributed by atoms with E-state index in [1.807, 2.05) is 18.2 Å². The van der Waals surface area contributed by atoms with Gasteiger partial charge in [0, 0.05) is 54.3 Å². The number of aryl methyl sites for hydroxylation is 1. The first-order chi connectivity index (χ1) is 14.5. The van der Waals surface area contributed by atoms with Crippen molar-refractivity contribution in [3.05, 3.63) is 54.2 Å². The van der Waals surface area contributed by atoms with Crippen LogP contribution in [-0.4, -0.2) is 34.6 Å². The van der Waals surface area contributed by atoms with E-state index in [4.69, 9.17) is 5.26 Å². The van der Waals surface area contributed by atoms with Crippen LogP contribution in [0, 0.1) is 22.9 Å². The van der Waals surface area contributed by atoms with Crippen LogP contribution in [0.3, 0.4) is 0 Å². The third-order valence-electron chi connectivity index (χ3n) is 5.75. The number of aromatic nitrogens is 3. The Bertz CT molecular complexity index is 1320. The maximum Gasteiger partial charge on any atom is 0.271 e. The van der Waals surface area contributed by atoms with Gasteiger partial charge in [0.1, 0.15) is 11.0 Å². The van der Waals surface area contributed by atoms with E-state index >= 15 is 0 Å². The minimum atomic E-state index is -0.429. The van der Waals surface area contributed by atoms with Gasteiger partial charge in [-0.25, -0.2) is 19.0 Å². The molecule has 1 aliphatic rings. The second-order valence-corrected chi connectivity index (χ2v) is 7.78. The first-order valence-electron chi connectivity index (χ1n) is 9.90. The lowest BCUT2D eigenvalue weighted by Crippen LogP contribution is -2.36. The molecule has 0 atom stereocenters. The standard InChI is InChI=1S/C22H18BF2N5/c1-29-12-16-8-15(10-18(24)22(16)28-29)20-3-2-14-9-17(11-19(25)21(14)27-20)30-6-4-23(13-26)5-7-30/h2-3,8-12H,4-7H2,1H3. The number of fused-ring (bicyclic) bond motifs is 2. The molecule has 30 heavy (non-hydrogen) atoms. The zero-order valence-corrected chi connectivity index (χ0v) is 16.4. The highest BCUT2D eigenvalue weighted by molar-refractivity contribution is 6.67. The molecule has 0 aliphatic carbocycles. The minimum Gasteiger partial charge on any atom is -0.373 e. The van der Waals surface area contributed by atoms with Gasteiger partial charge in [-0.15, -0.1) is 0 Å². The predicted octanol–water partition coefficient (Wildman–Crippen LogP) is 4.44. The van der Waals surface area contributed by atoms with E-state index in [0.29, 0.717) is 27.5 Å². The molecular formula is C22H18BF2N5. The molecular weight excluding hydrogens is 383 g/mol. The molecule has 5 nitrogen and oxygen atoms in total. The maximum absolute atomic E-state index is 14.9. The van der Waals surface area contributed by atoms with Crippen LogP contribution in [-0.2, 0) is 7.05 Å². The van der Waals surface area contributed by atoms with Gasteiger partial charge < -0.3 is 4.90 Å². The zero-order valence-electron chi connectivity index (χ0n) is 16.4. The van der Waals surface area contributed by atoms with E-state index in [-0.39, 0.29) is 12.2 Å². The third kappa shape index (κ3) is 3.16. The van der Waals surface area contributed by atoms with Crippen molar-refractivity contribution in [3.8, 4) is 17.2 Å². The second-order valence-electron chi connectivity index (χ2n) is 7.78. The summed E-state index contributed by atoms with van der Waals surface area (Å²) in [4.78, 5) is 6.59. The van der Waals surface area contributed by atoms with Gasteiger partial charge in [0.05, 0.1) is 5.69 Å². The maximum atomic E-state index is 14.9. The SMILES string of the molecule is Cn1cc2cc(-c3ccc4cc(N5CCB(C#N)CC5)cc(F)c4n3)cc(F)c2n1. The van der Waals surface area contributed by atoms with E-state index < -0.39 is 11.6 Å². The Morgan fingerprint density at radius 2 is 1.77 bits per heavy atom. The quantitative estimate of drug-likeness (QED) is 0.466. The first-order valence-corrected chi connectivity index (χ1v) is 9.90. The van der Waals surface area contributed by atoms with Gasteiger partial charge in [0.2, 0.25) is 0 Å². The van der Waals surface area contributed by atoms with Crippen LogP contribution in [0.25, 0.3) is 33.1 Å². The number of pyridine rings is 1. The Kier molecular flexibility index (Phi) is 4.39. The lowest BCUT2D eigenvalue weighted by Gasteiger charge is -2.30. The van der Waals surface area contributed by atoms with Crippen LogP contribution < -0.4 is 4.90 Å². The second kappa shape index (κ2) is 7.10. The number of anilines is 1. The molecule has 8 heteroatoms. The summed E-state index contributed by atoms with van der Waals surface area (Å²) in [6.07, 6.45) is 3.32. The van der Waals surface area contributed by atoms with Crippen molar-refractivity contribution in [1.29, 1.82) is 5.26 Å². The van der Waals surface area contributed by atoms with Crippen LogP contribution in [0.15, 0.2) is 42.6 Å². The topological polar surface area (TPSA) is 57.7 Å². The van der Waals surface area contributed by atoms with E-state index in [1.165, 1.54) is 12.1 Å². The molecule has 2 aromatic heterocycles. The zero-order chi connectivity index (χ0) is 20.8. The molecule has 0 spiro atoms. The van der Waals surface area contributed by atoms with Crippen LogP contribution >= 0.6 is 0 Å². The van der Waals surface area contributed by atoms with Gasteiger partial charge in [-0.1, -0.05) is 6.07 Å². The molecule has 148 valence electrons. The van der Waals surface area contributed by atoms with Gasteiger partial charge in [-0.3, -0.25) is 4.68 Å². The number of halogens is 2. The minimum absolute atomic E-state index is 0.0772. The third-order valence-corrected chi connectivity index (χ3v) is 5.75. The van der Waals surface area contributed by atoms with E-state index in [1.54, 1.807) is 24.0 Å². The fraction of sp³-hybridized carbons (Fsp3) is 0.227. The normalized spacial score (nSPS) is 14.5. The van der Waals surface area contributed by atoms with Gasteiger partial charge >= 0.3 is 0 Å². The van der Waals surface area contributed by atoms with Crippen LogP contribution in [0.2, 0.25) is 12.6 Å².